The van der Waals surface area contributed by atoms with Gasteiger partial charge < -0.3 is 15.3 Å². The maximum Gasteiger partial charge on any atom is 0.145 e. The van der Waals surface area contributed by atoms with Crippen LogP contribution >= 0.6 is 23.2 Å². The second-order valence-corrected chi connectivity index (χ2v) is 5.19. The lowest BCUT2D eigenvalue weighted by molar-refractivity contribution is 0.0789. The van der Waals surface area contributed by atoms with Crippen molar-refractivity contribution < 1.29 is 9.57 Å². The Morgan fingerprint density at radius 1 is 1.32 bits per heavy atom. The molecule has 0 bridgehead atoms. The molecule has 4 nitrogen and oxygen atoms in total. The zero-order chi connectivity index (χ0) is 13.7. The summed E-state index contributed by atoms with van der Waals surface area (Å²) in [5.41, 5.74) is 6.61. The van der Waals surface area contributed by atoms with Gasteiger partial charge in [0.1, 0.15) is 12.4 Å². The van der Waals surface area contributed by atoms with Crippen LogP contribution in [0.3, 0.4) is 0 Å². The van der Waals surface area contributed by atoms with Crippen molar-refractivity contribution >= 4 is 29.0 Å². The van der Waals surface area contributed by atoms with E-state index in [2.05, 4.69) is 5.16 Å². The van der Waals surface area contributed by atoms with Crippen LogP contribution in [0.5, 0.6) is 0 Å². The van der Waals surface area contributed by atoms with Gasteiger partial charge >= 0.3 is 0 Å². The third-order valence-electron chi connectivity index (χ3n) is 3.08. The minimum absolute atomic E-state index is 0.211. The fourth-order valence-electron chi connectivity index (χ4n) is 1.91. The van der Waals surface area contributed by atoms with Gasteiger partial charge in [0, 0.05) is 34.7 Å². The van der Waals surface area contributed by atoms with Crippen molar-refractivity contribution in [3.63, 3.8) is 0 Å². The van der Waals surface area contributed by atoms with Gasteiger partial charge in [0.2, 0.25) is 0 Å². The number of benzene rings is 1. The van der Waals surface area contributed by atoms with E-state index in [4.69, 9.17) is 38.5 Å². The Kier molecular flexibility index (Phi) is 5.31. The average Bonchev–Trinajstić information content (AvgIpc) is 2.43. The van der Waals surface area contributed by atoms with Gasteiger partial charge in [0.25, 0.3) is 0 Å². The molecule has 104 valence electrons. The van der Waals surface area contributed by atoms with Crippen LogP contribution in [0.4, 0.5) is 0 Å². The predicted molar refractivity (Wildman–Crippen MR) is 76.4 cm³/mol. The van der Waals surface area contributed by atoms with Crippen molar-refractivity contribution in [1.82, 2.24) is 0 Å². The van der Waals surface area contributed by atoms with E-state index in [1.54, 1.807) is 18.2 Å². The van der Waals surface area contributed by atoms with Gasteiger partial charge in [0.05, 0.1) is 0 Å². The van der Waals surface area contributed by atoms with Crippen molar-refractivity contribution in [3.05, 3.63) is 33.8 Å². The second kappa shape index (κ2) is 6.98. The molecule has 1 aromatic carbocycles. The van der Waals surface area contributed by atoms with Gasteiger partial charge in [-0.2, -0.15) is 0 Å². The summed E-state index contributed by atoms with van der Waals surface area (Å²) in [6.45, 7) is 1.65. The largest absolute Gasteiger partial charge is 0.389 e. The van der Waals surface area contributed by atoms with E-state index >= 15 is 0 Å². The van der Waals surface area contributed by atoms with Crippen LogP contribution in [0.15, 0.2) is 23.4 Å². The Labute approximate surface area is 122 Å². The van der Waals surface area contributed by atoms with Crippen molar-refractivity contribution in [2.75, 3.05) is 13.2 Å². The Morgan fingerprint density at radius 2 is 1.95 bits per heavy atom. The Hall–Kier alpha value is -0.970. The second-order valence-electron chi connectivity index (χ2n) is 4.38. The number of nitrogens with zero attached hydrogens (tertiary/aromatic N) is 1. The zero-order valence-electron chi connectivity index (χ0n) is 10.4. The number of hydrogen-bond acceptors (Lipinski definition) is 3. The number of amidine groups is 1. The summed E-state index contributed by atoms with van der Waals surface area (Å²) in [4.78, 5) is 5.25. The molecule has 1 aliphatic heterocycles. The Morgan fingerprint density at radius 3 is 2.58 bits per heavy atom. The molecule has 19 heavy (non-hydrogen) atoms. The van der Waals surface area contributed by atoms with Crippen molar-refractivity contribution in [3.8, 4) is 0 Å². The number of halogens is 2. The average molecular weight is 303 g/mol. The van der Waals surface area contributed by atoms with Crippen molar-refractivity contribution in [2.45, 2.75) is 19.4 Å². The van der Waals surface area contributed by atoms with Crippen LogP contribution in [0, 0.1) is 5.92 Å². The minimum Gasteiger partial charge on any atom is -0.389 e. The topological polar surface area (TPSA) is 56.8 Å². The van der Waals surface area contributed by atoms with Crippen LogP contribution in [-0.2, 0) is 16.2 Å². The van der Waals surface area contributed by atoms with Gasteiger partial charge in [-0.25, -0.2) is 0 Å². The van der Waals surface area contributed by atoms with E-state index in [1.807, 2.05) is 0 Å². The lowest BCUT2D eigenvalue weighted by atomic mass is 10.00. The van der Waals surface area contributed by atoms with Gasteiger partial charge in [0.15, 0.2) is 0 Å². The van der Waals surface area contributed by atoms with E-state index in [9.17, 15) is 0 Å². The molecule has 0 spiro atoms. The summed E-state index contributed by atoms with van der Waals surface area (Å²) in [5, 5.41) is 5.07. The van der Waals surface area contributed by atoms with Gasteiger partial charge in [-0.15, -0.1) is 0 Å². The summed E-state index contributed by atoms with van der Waals surface area (Å²) in [5.74, 6) is 0.738. The predicted octanol–water partition coefficient (Wildman–Crippen LogP) is 3.21. The summed E-state index contributed by atoms with van der Waals surface area (Å²) in [7, 11) is 0. The summed E-state index contributed by atoms with van der Waals surface area (Å²) < 4.78 is 5.27. The van der Waals surface area contributed by atoms with E-state index in [0.29, 0.717) is 15.9 Å². The van der Waals surface area contributed by atoms with Crippen LogP contribution in [0.2, 0.25) is 10.0 Å². The molecule has 0 amide bonds. The van der Waals surface area contributed by atoms with E-state index in [1.165, 1.54) is 0 Å². The molecule has 1 heterocycles. The smallest absolute Gasteiger partial charge is 0.145 e. The van der Waals surface area contributed by atoms with Gasteiger partial charge in [-0.3, -0.25) is 0 Å². The van der Waals surface area contributed by atoms with E-state index < -0.39 is 0 Å². The molecule has 1 fully saturated rings. The van der Waals surface area contributed by atoms with Gasteiger partial charge in [-0.1, -0.05) is 34.4 Å². The maximum absolute atomic E-state index is 6.03. The molecule has 0 saturated carbocycles. The maximum atomic E-state index is 6.03. The Balaban J connectivity index is 1.91. The summed E-state index contributed by atoms with van der Waals surface area (Å²) >= 11 is 12.1. The SMILES string of the molecule is N/C(=N\OCc1c(Cl)cccc1Cl)C1CCOCC1. The lowest BCUT2D eigenvalue weighted by Crippen LogP contribution is -2.29. The summed E-state index contributed by atoms with van der Waals surface area (Å²) in [6.07, 6.45) is 1.76. The molecule has 0 unspecified atom stereocenters. The molecule has 0 aliphatic carbocycles. The van der Waals surface area contributed by atoms with E-state index in [-0.39, 0.29) is 12.5 Å². The van der Waals surface area contributed by atoms with Crippen LogP contribution in [0.1, 0.15) is 18.4 Å². The number of hydrogen-bond donors (Lipinski definition) is 1. The number of ether oxygens (including phenoxy) is 1. The minimum atomic E-state index is 0.211. The molecular formula is C13H16Cl2N2O2. The lowest BCUT2D eigenvalue weighted by Gasteiger charge is -2.20. The molecule has 0 radical (unpaired) electrons. The highest BCUT2D eigenvalue weighted by atomic mass is 35.5. The first-order valence-electron chi connectivity index (χ1n) is 6.14. The third-order valence-corrected chi connectivity index (χ3v) is 3.79. The van der Waals surface area contributed by atoms with Crippen LogP contribution in [0.25, 0.3) is 0 Å². The highest BCUT2D eigenvalue weighted by molar-refractivity contribution is 6.35. The van der Waals surface area contributed by atoms with Crippen molar-refractivity contribution in [1.29, 1.82) is 0 Å². The monoisotopic (exact) mass is 302 g/mol. The molecule has 0 aromatic heterocycles. The molecule has 1 aliphatic rings. The fourth-order valence-corrected chi connectivity index (χ4v) is 2.42. The first kappa shape index (κ1) is 14.4. The molecule has 6 heteroatoms. The first-order chi connectivity index (χ1) is 9.18. The normalized spacial score (nSPS) is 17.5. The van der Waals surface area contributed by atoms with Crippen LogP contribution in [-0.4, -0.2) is 19.0 Å². The third kappa shape index (κ3) is 4.00. The highest BCUT2D eigenvalue weighted by Crippen LogP contribution is 2.25. The van der Waals surface area contributed by atoms with Crippen LogP contribution < -0.4 is 5.73 Å². The number of oxime groups is 1. The van der Waals surface area contributed by atoms with Gasteiger partial charge in [-0.05, 0) is 25.0 Å². The molecule has 0 atom stereocenters. The fraction of sp³-hybridized carbons (Fsp3) is 0.462. The Bertz CT molecular complexity index is 440. The van der Waals surface area contributed by atoms with Crippen molar-refractivity contribution in [2.24, 2.45) is 16.8 Å². The number of rotatable bonds is 4. The zero-order valence-corrected chi connectivity index (χ0v) is 12.0. The molecule has 1 saturated heterocycles. The first-order valence-corrected chi connectivity index (χ1v) is 6.90. The molecule has 2 N–H and O–H groups in total. The molecular weight excluding hydrogens is 287 g/mol. The standard InChI is InChI=1S/C13H16Cl2N2O2/c14-11-2-1-3-12(15)10(11)8-19-17-13(16)9-4-6-18-7-5-9/h1-3,9H,4-8H2,(H2,16,17). The number of nitrogens with two attached hydrogens (primary N) is 1. The van der Waals surface area contributed by atoms with E-state index in [0.717, 1.165) is 31.6 Å². The summed E-state index contributed by atoms with van der Waals surface area (Å²) in [6, 6.07) is 5.31. The molecule has 2 rings (SSSR count). The quantitative estimate of drug-likeness (QED) is 0.528. The highest BCUT2D eigenvalue weighted by Gasteiger charge is 2.18. The molecule has 1 aromatic rings.